The minimum Gasteiger partial charge on any atom is -0.507 e. The summed E-state index contributed by atoms with van der Waals surface area (Å²) in [6, 6.07) is 8.51. The predicted octanol–water partition coefficient (Wildman–Crippen LogP) is 5.49. The number of aliphatic hydroxyl groups excluding tert-OH is 1. The number of nitrogens with zero attached hydrogens (tertiary/aromatic N) is 2. The number of hydrogen-bond acceptors (Lipinski definition) is 8. The Morgan fingerprint density at radius 3 is 2.42 bits per heavy atom. The summed E-state index contributed by atoms with van der Waals surface area (Å²) in [6.07, 6.45) is 0. The molecule has 8 nitrogen and oxygen atoms in total. The number of aryl methyl sites for hydroxylation is 2. The number of methoxy groups -OCH3 is 2. The topological polar surface area (TPSA) is 106 Å². The van der Waals surface area contributed by atoms with Crippen molar-refractivity contribution in [2.75, 3.05) is 19.1 Å². The van der Waals surface area contributed by atoms with Crippen LogP contribution >= 0.6 is 34.5 Å². The second-order valence-corrected chi connectivity index (χ2v) is 9.72. The lowest BCUT2D eigenvalue weighted by molar-refractivity contribution is -0.132. The normalized spacial score (nSPS) is 16.9. The Kier molecular flexibility index (Phi) is 7.08. The molecule has 0 spiro atoms. The lowest BCUT2D eigenvalue weighted by Crippen LogP contribution is -2.29. The third kappa shape index (κ3) is 4.34. The SMILES string of the molecule is COC(=O)c1sc(N2C(=O)C(=O)C(=C(O)c3ccc(OC)cc3C)C2c2ccc(Cl)c(Cl)c2)nc1C. The minimum atomic E-state index is -1.09. The Bertz CT molecular complexity index is 1450. The zero-order valence-corrected chi connectivity index (χ0v) is 21.9. The second kappa shape index (κ2) is 9.93. The molecule has 2 aromatic carbocycles. The zero-order valence-electron chi connectivity index (χ0n) is 19.6. The van der Waals surface area contributed by atoms with E-state index in [0.717, 1.165) is 16.2 Å². The number of hydrogen-bond donors (Lipinski definition) is 1. The maximum Gasteiger partial charge on any atom is 0.350 e. The zero-order chi connectivity index (χ0) is 26.3. The number of rotatable bonds is 5. The number of aliphatic hydroxyl groups is 1. The number of benzene rings is 2. The summed E-state index contributed by atoms with van der Waals surface area (Å²) in [4.78, 5) is 44.6. The number of ketones is 1. The lowest BCUT2D eigenvalue weighted by Gasteiger charge is -2.23. The van der Waals surface area contributed by atoms with Crippen LogP contribution in [0.1, 0.15) is 38.1 Å². The van der Waals surface area contributed by atoms with Gasteiger partial charge in [0.2, 0.25) is 0 Å². The third-order valence-corrected chi connectivity index (χ3v) is 7.63. The number of amides is 1. The lowest BCUT2D eigenvalue weighted by atomic mass is 9.94. The molecule has 0 saturated carbocycles. The van der Waals surface area contributed by atoms with Gasteiger partial charge in [-0.1, -0.05) is 40.6 Å². The highest BCUT2D eigenvalue weighted by Crippen LogP contribution is 2.45. The maximum absolute atomic E-state index is 13.3. The van der Waals surface area contributed by atoms with E-state index in [1.54, 1.807) is 38.1 Å². The van der Waals surface area contributed by atoms with Gasteiger partial charge < -0.3 is 14.6 Å². The van der Waals surface area contributed by atoms with Crippen LogP contribution in [0.2, 0.25) is 10.0 Å². The van der Waals surface area contributed by atoms with Crippen LogP contribution in [0.4, 0.5) is 5.13 Å². The molecule has 1 atom stereocenters. The Labute approximate surface area is 220 Å². The fourth-order valence-electron chi connectivity index (χ4n) is 3.97. The van der Waals surface area contributed by atoms with Crippen molar-refractivity contribution in [2.24, 2.45) is 0 Å². The van der Waals surface area contributed by atoms with Crippen LogP contribution in [0.25, 0.3) is 5.76 Å². The van der Waals surface area contributed by atoms with Crippen molar-refractivity contribution in [1.82, 2.24) is 4.98 Å². The van der Waals surface area contributed by atoms with Crippen LogP contribution < -0.4 is 9.64 Å². The molecule has 0 radical (unpaired) electrons. The molecular formula is C25H20Cl2N2O6S. The molecule has 2 heterocycles. The van der Waals surface area contributed by atoms with E-state index in [1.807, 2.05) is 0 Å². The Morgan fingerprint density at radius 1 is 1.08 bits per heavy atom. The van der Waals surface area contributed by atoms with Gasteiger partial charge >= 0.3 is 11.9 Å². The number of esters is 1. The van der Waals surface area contributed by atoms with Gasteiger partial charge in [0, 0.05) is 5.56 Å². The van der Waals surface area contributed by atoms with Gasteiger partial charge in [-0.15, -0.1) is 0 Å². The van der Waals surface area contributed by atoms with E-state index in [-0.39, 0.29) is 31.4 Å². The monoisotopic (exact) mass is 546 g/mol. The minimum absolute atomic E-state index is 0.0941. The standard InChI is InChI=1S/C25H20Cl2N2O6S/c1-11-9-14(34-3)6-7-15(11)20(30)18-19(13-5-8-16(26)17(27)10-13)29(23(32)21(18)31)25-28-12(2)22(36-25)24(33)35-4/h5-10,19,30H,1-4H3. The number of carbonyl (C=O) groups is 3. The molecule has 11 heteroatoms. The first-order valence-electron chi connectivity index (χ1n) is 10.6. The molecule has 186 valence electrons. The number of carbonyl (C=O) groups excluding carboxylic acids is 3. The number of aromatic nitrogens is 1. The van der Waals surface area contributed by atoms with Crippen LogP contribution in [-0.4, -0.2) is 42.0 Å². The molecule has 1 amide bonds. The van der Waals surface area contributed by atoms with Crippen LogP contribution in [0, 0.1) is 13.8 Å². The van der Waals surface area contributed by atoms with Gasteiger partial charge in [0.05, 0.1) is 41.6 Å². The van der Waals surface area contributed by atoms with Crippen molar-refractivity contribution in [3.8, 4) is 5.75 Å². The van der Waals surface area contributed by atoms with E-state index in [9.17, 15) is 19.5 Å². The predicted molar refractivity (Wildman–Crippen MR) is 137 cm³/mol. The second-order valence-electron chi connectivity index (χ2n) is 7.93. The van der Waals surface area contributed by atoms with Gasteiger partial charge in [-0.05, 0) is 55.3 Å². The summed E-state index contributed by atoms with van der Waals surface area (Å²) >= 11 is 13.3. The molecular weight excluding hydrogens is 527 g/mol. The number of halogens is 2. The molecule has 1 fully saturated rings. The van der Waals surface area contributed by atoms with Crippen molar-refractivity contribution >= 4 is 63.1 Å². The van der Waals surface area contributed by atoms with Gasteiger partial charge in [0.15, 0.2) is 5.13 Å². The molecule has 4 rings (SSSR count). The third-order valence-electron chi connectivity index (χ3n) is 5.75. The molecule has 1 aliphatic rings. The van der Waals surface area contributed by atoms with Crippen LogP contribution in [0.15, 0.2) is 42.0 Å². The van der Waals surface area contributed by atoms with Crippen LogP contribution in [0.3, 0.4) is 0 Å². The maximum atomic E-state index is 13.3. The average Bonchev–Trinajstić information content (AvgIpc) is 3.36. The highest BCUT2D eigenvalue weighted by molar-refractivity contribution is 7.17. The molecule has 0 aliphatic carbocycles. The van der Waals surface area contributed by atoms with Crippen molar-refractivity contribution in [3.63, 3.8) is 0 Å². The van der Waals surface area contributed by atoms with Gasteiger partial charge in [0.25, 0.3) is 5.78 Å². The number of thiazole rings is 1. The molecule has 0 bridgehead atoms. The van der Waals surface area contributed by atoms with E-state index in [4.69, 9.17) is 32.7 Å². The molecule has 1 aliphatic heterocycles. The van der Waals surface area contributed by atoms with Crippen LogP contribution in [-0.2, 0) is 14.3 Å². The Morgan fingerprint density at radius 2 is 1.81 bits per heavy atom. The average molecular weight is 547 g/mol. The number of Topliss-reactive ketones (excluding diaryl/α,β-unsaturated/α-hetero) is 1. The smallest absolute Gasteiger partial charge is 0.350 e. The summed E-state index contributed by atoms with van der Waals surface area (Å²) in [6.45, 7) is 3.34. The highest BCUT2D eigenvalue weighted by atomic mass is 35.5. The summed E-state index contributed by atoms with van der Waals surface area (Å²) in [7, 11) is 2.75. The molecule has 1 unspecified atom stereocenters. The molecule has 1 N–H and O–H groups in total. The first-order valence-corrected chi connectivity index (χ1v) is 12.1. The molecule has 36 heavy (non-hydrogen) atoms. The fraction of sp³-hybridized carbons (Fsp3) is 0.200. The summed E-state index contributed by atoms with van der Waals surface area (Å²) in [5.74, 6) is -2.24. The van der Waals surface area contributed by atoms with Gasteiger partial charge in [0.1, 0.15) is 16.4 Å². The molecule has 3 aromatic rings. The first kappa shape index (κ1) is 25.7. The van der Waals surface area contributed by atoms with E-state index in [2.05, 4.69) is 4.98 Å². The Hall–Kier alpha value is -3.40. The van der Waals surface area contributed by atoms with Crippen molar-refractivity contribution < 1.29 is 29.0 Å². The quantitative estimate of drug-likeness (QED) is 0.195. The summed E-state index contributed by atoms with van der Waals surface area (Å²) in [5, 5.41) is 11.9. The van der Waals surface area contributed by atoms with Gasteiger partial charge in [-0.2, -0.15) is 0 Å². The van der Waals surface area contributed by atoms with Crippen molar-refractivity contribution in [3.05, 3.63) is 79.3 Å². The molecule has 1 saturated heterocycles. The van der Waals surface area contributed by atoms with E-state index >= 15 is 0 Å². The number of anilines is 1. The Balaban J connectivity index is 1.97. The summed E-state index contributed by atoms with van der Waals surface area (Å²) in [5.41, 5.74) is 1.58. The van der Waals surface area contributed by atoms with E-state index in [1.165, 1.54) is 26.4 Å². The van der Waals surface area contributed by atoms with Crippen LogP contribution in [0.5, 0.6) is 5.75 Å². The largest absolute Gasteiger partial charge is 0.507 e. The fourth-order valence-corrected chi connectivity index (χ4v) is 5.29. The van der Waals surface area contributed by atoms with E-state index in [0.29, 0.717) is 28.1 Å². The van der Waals surface area contributed by atoms with Gasteiger partial charge in [-0.3, -0.25) is 14.5 Å². The molecule has 1 aromatic heterocycles. The first-order chi connectivity index (χ1) is 17.1. The highest BCUT2D eigenvalue weighted by Gasteiger charge is 2.48. The van der Waals surface area contributed by atoms with Crippen molar-refractivity contribution in [1.29, 1.82) is 0 Å². The number of ether oxygens (including phenoxy) is 2. The van der Waals surface area contributed by atoms with E-state index < -0.39 is 23.7 Å². The summed E-state index contributed by atoms with van der Waals surface area (Å²) < 4.78 is 10.0. The van der Waals surface area contributed by atoms with Gasteiger partial charge in [-0.25, -0.2) is 9.78 Å². The van der Waals surface area contributed by atoms with Crippen molar-refractivity contribution in [2.45, 2.75) is 19.9 Å².